The van der Waals surface area contributed by atoms with E-state index in [1.165, 1.54) is 5.57 Å². The van der Waals surface area contributed by atoms with Crippen LogP contribution in [0.2, 0.25) is 0 Å². The van der Waals surface area contributed by atoms with Gasteiger partial charge in [-0.15, -0.1) is 31.2 Å². The first-order valence-corrected chi connectivity index (χ1v) is 4.13. The summed E-state index contributed by atoms with van der Waals surface area (Å²) < 4.78 is 5.58. The first kappa shape index (κ1) is 20.2. The van der Waals surface area contributed by atoms with Gasteiger partial charge in [-0.1, -0.05) is 0 Å². The molecule has 0 spiro atoms. The average Bonchev–Trinajstić information content (AvgIpc) is 2.35. The molecule has 1 unspecified atom stereocenters. The normalized spacial score (nSPS) is 15.0. The fourth-order valence-corrected chi connectivity index (χ4v) is 1.18. The van der Waals surface area contributed by atoms with E-state index in [4.69, 9.17) is 4.74 Å². The summed E-state index contributed by atoms with van der Waals surface area (Å²) in [5, 5.41) is 0. The molecule has 1 aliphatic carbocycles. The Morgan fingerprint density at radius 1 is 1.29 bits per heavy atom. The maximum atomic E-state index is 5.58. The molecule has 1 atom stereocenters. The standard InChI is InChI=1S/C10H15O.2ClH.Ti/c1-8(2)11-9(3)10-6-4-5-7-10;;;/h4,6,8-9H,5H2,1-3H3;2*1H;/q-1;;;. The molecule has 82 valence electrons. The molecular weight excluding hydrogens is 255 g/mol. The van der Waals surface area contributed by atoms with E-state index in [1.54, 1.807) is 0 Å². The van der Waals surface area contributed by atoms with Gasteiger partial charge in [0.25, 0.3) is 0 Å². The van der Waals surface area contributed by atoms with Crippen molar-refractivity contribution in [1.82, 2.24) is 0 Å². The number of allylic oxidation sites excluding steroid dienone is 2. The van der Waals surface area contributed by atoms with Gasteiger partial charge in [-0.05, 0) is 20.8 Å². The Balaban J connectivity index is -0.000000403. The number of ether oxygens (including phenoxy) is 1. The van der Waals surface area contributed by atoms with Gasteiger partial charge in [0.05, 0.1) is 6.10 Å². The fourth-order valence-electron chi connectivity index (χ4n) is 1.18. The number of hydrogen-bond donors (Lipinski definition) is 0. The van der Waals surface area contributed by atoms with Gasteiger partial charge < -0.3 is 4.74 Å². The molecule has 0 aliphatic heterocycles. The molecule has 0 aromatic rings. The van der Waals surface area contributed by atoms with Crippen molar-refractivity contribution in [3.63, 3.8) is 0 Å². The summed E-state index contributed by atoms with van der Waals surface area (Å²) in [7, 11) is 0. The van der Waals surface area contributed by atoms with Crippen LogP contribution in [0.1, 0.15) is 27.2 Å². The molecule has 0 radical (unpaired) electrons. The van der Waals surface area contributed by atoms with Gasteiger partial charge in [0.1, 0.15) is 0 Å². The molecule has 0 fully saturated rings. The second kappa shape index (κ2) is 10.3. The van der Waals surface area contributed by atoms with E-state index in [2.05, 4.69) is 39.0 Å². The predicted octanol–water partition coefficient (Wildman–Crippen LogP) is 3.33. The number of halogens is 2. The molecule has 0 aromatic heterocycles. The Kier molecular flexibility index (Phi) is 14.8. The molecular formula is C10H17Cl2OTi-. The van der Waals surface area contributed by atoms with Gasteiger partial charge in [-0.2, -0.15) is 11.6 Å². The molecule has 1 nitrogen and oxygen atoms in total. The van der Waals surface area contributed by atoms with Crippen LogP contribution in [0.4, 0.5) is 0 Å². The topological polar surface area (TPSA) is 9.23 Å². The molecule has 1 rings (SSSR count). The van der Waals surface area contributed by atoms with Gasteiger partial charge in [0, 0.05) is 27.8 Å². The smallest absolute Gasteiger partial charge is 0.0525 e. The molecule has 0 heterocycles. The predicted molar refractivity (Wildman–Crippen MR) is 60.7 cm³/mol. The van der Waals surface area contributed by atoms with Crippen molar-refractivity contribution in [1.29, 1.82) is 0 Å². The molecule has 0 bridgehead atoms. The Morgan fingerprint density at radius 2 is 1.86 bits per heavy atom. The van der Waals surface area contributed by atoms with Gasteiger partial charge in [0.15, 0.2) is 0 Å². The van der Waals surface area contributed by atoms with Gasteiger partial charge in [-0.3, -0.25) is 6.08 Å². The Bertz CT molecular complexity index is 191. The van der Waals surface area contributed by atoms with Crippen LogP contribution in [0.25, 0.3) is 0 Å². The second-order valence-corrected chi connectivity index (χ2v) is 3.07. The molecule has 0 saturated heterocycles. The van der Waals surface area contributed by atoms with Crippen LogP contribution in [-0.4, -0.2) is 12.2 Å². The van der Waals surface area contributed by atoms with Crippen LogP contribution in [-0.2, 0) is 26.5 Å². The van der Waals surface area contributed by atoms with Crippen LogP contribution < -0.4 is 0 Å². The van der Waals surface area contributed by atoms with Crippen LogP contribution in [0.3, 0.4) is 0 Å². The summed E-state index contributed by atoms with van der Waals surface area (Å²) in [6.45, 7) is 6.17. The molecule has 1 aliphatic rings. The van der Waals surface area contributed by atoms with E-state index in [9.17, 15) is 0 Å². The maximum Gasteiger partial charge on any atom is 0.0525 e. The second-order valence-electron chi connectivity index (χ2n) is 3.07. The minimum atomic E-state index is 0. The first-order chi connectivity index (χ1) is 5.20. The monoisotopic (exact) mass is 271 g/mol. The zero-order valence-electron chi connectivity index (χ0n) is 8.74. The van der Waals surface area contributed by atoms with Gasteiger partial charge in [0.2, 0.25) is 0 Å². The van der Waals surface area contributed by atoms with Crippen LogP contribution in [0, 0.1) is 6.08 Å². The van der Waals surface area contributed by atoms with E-state index in [1.807, 2.05) is 0 Å². The minimum absolute atomic E-state index is 0. The Hall–Kier alpha value is 0.734. The zero-order chi connectivity index (χ0) is 8.27. The zero-order valence-corrected chi connectivity index (χ0v) is 11.9. The molecule has 14 heavy (non-hydrogen) atoms. The molecule has 0 aromatic carbocycles. The Morgan fingerprint density at radius 3 is 2.21 bits per heavy atom. The van der Waals surface area contributed by atoms with Crippen molar-refractivity contribution in [3.05, 3.63) is 23.8 Å². The van der Waals surface area contributed by atoms with Crippen molar-refractivity contribution >= 4 is 24.8 Å². The van der Waals surface area contributed by atoms with Gasteiger partial charge >= 0.3 is 0 Å². The molecule has 4 heteroatoms. The quantitative estimate of drug-likeness (QED) is 0.565. The van der Waals surface area contributed by atoms with Crippen LogP contribution >= 0.6 is 24.8 Å². The summed E-state index contributed by atoms with van der Waals surface area (Å²) >= 11 is 0. The van der Waals surface area contributed by atoms with E-state index in [0.29, 0.717) is 6.10 Å². The third-order valence-corrected chi connectivity index (χ3v) is 1.64. The third kappa shape index (κ3) is 7.08. The summed E-state index contributed by atoms with van der Waals surface area (Å²) in [4.78, 5) is 0. The maximum absolute atomic E-state index is 5.58. The molecule has 0 N–H and O–H groups in total. The average molecular weight is 272 g/mol. The largest absolute Gasteiger partial charge is 0.374 e. The van der Waals surface area contributed by atoms with E-state index in [-0.39, 0.29) is 52.6 Å². The summed E-state index contributed by atoms with van der Waals surface area (Å²) in [5.41, 5.74) is 1.19. The van der Waals surface area contributed by atoms with Crippen LogP contribution in [0.15, 0.2) is 17.7 Å². The van der Waals surface area contributed by atoms with E-state index < -0.39 is 0 Å². The third-order valence-electron chi connectivity index (χ3n) is 1.64. The van der Waals surface area contributed by atoms with Crippen LogP contribution in [0.5, 0.6) is 0 Å². The van der Waals surface area contributed by atoms with E-state index in [0.717, 1.165) is 6.42 Å². The minimum Gasteiger partial charge on any atom is -0.374 e. The number of hydrogen-bond acceptors (Lipinski definition) is 1. The van der Waals surface area contributed by atoms with Crippen molar-refractivity contribution < 1.29 is 26.5 Å². The van der Waals surface area contributed by atoms with Crippen molar-refractivity contribution in [2.24, 2.45) is 0 Å². The summed E-state index contributed by atoms with van der Waals surface area (Å²) in [5.74, 6) is 0. The van der Waals surface area contributed by atoms with E-state index >= 15 is 0 Å². The van der Waals surface area contributed by atoms with Crippen molar-refractivity contribution in [2.75, 3.05) is 0 Å². The first-order valence-electron chi connectivity index (χ1n) is 4.13. The SMILES string of the molecule is CC(C)OC(C)C1=[C-]CC=C1.Cl.Cl.[Ti]. The van der Waals surface area contributed by atoms with Crippen molar-refractivity contribution in [3.8, 4) is 0 Å². The molecule has 0 saturated carbocycles. The Labute approximate surface area is 114 Å². The summed E-state index contributed by atoms with van der Waals surface area (Å²) in [6.07, 6.45) is 8.89. The number of rotatable bonds is 3. The summed E-state index contributed by atoms with van der Waals surface area (Å²) in [6, 6.07) is 0. The van der Waals surface area contributed by atoms with Crippen molar-refractivity contribution in [2.45, 2.75) is 39.4 Å². The fraction of sp³-hybridized carbons (Fsp3) is 0.600. The van der Waals surface area contributed by atoms with Gasteiger partial charge in [-0.25, -0.2) is 6.08 Å². The molecule has 0 amide bonds.